The van der Waals surface area contributed by atoms with Crippen LogP contribution in [0.3, 0.4) is 0 Å². The summed E-state index contributed by atoms with van der Waals surface area (Å²) in [6.45, 7) is 3.67. The molecule has 1 heterocycles. The molecule has 0 aliphatic carbocycles. The fourth-order valence-corrected chi connectivity index (χ4v) is 2.27. The standard InChI is InChI=1S/C14H18O3/c1-2-17-14(8-10-16-11-9-14)13(15)12-6-4-3-5-7-12/h3-7H,2,8-11H2,1H3. The van der Waals surface area contributed by atoms with Gasteiger partial charge in [0.2, 0.25) is 0 Å². The van der Waals surface area contributed by atoms with Crippen LogP contribution in [0.25, 0.3) is 0 Å². The number of hydrogen-bond donors (Lipinski definition) is 0. The highest BCUT2D eigenvalue weighted by Gasteiger charge is 2.41. The molecule has 0 N–H and O–H groups in total. The van der Waals surface area contributed by atoms with Crippen molar-refractivity contribution in [2.75, 3.05) is 19.8 Å². The van der Waals surface area contributed by atoms with E-state index >= 15 is 0 Å². The molecule has 0 atom stereocenters. The highest BCUT2D eigenvalue weighted by Crippen LogP contribution is 2.29. The van der Waals surface area contributed by atoms with Crippen LogP contribution in [-0.2, 0) is 9.47 Å². The number of carbonyl (C=O) groups excluding carboxylic acids is 1. The zero-order valence-electron chi connectivity index (χ0n) is 10.1. The molecule has 1 fully saturated rings. The Bertz CT molecular complexity index is 361. The normalized spacial score (nSPS) is 18.9. The van der Waals surface area contributed by atoms with E-state index in [1.807, 2.05) is 37.3 Å². The highest BCUT2D eigenvalue weighted by atomic mass is 16.5. The van der Waals surface area contributed by atoms with Crippen LogP contribution in [0.1, 0.15) is 30.1 Å². The summed E-state index contributed by atoms with van der Waals surface area (Å²) in [7, 11) is 0. The molecule has 0 bridgehead atoms. The average Bonchev–Trinajstić information content (AvgIpc) is 2.40. The maximum absolute atomic E-state index is 12.5. The van der Waals surface area contributed by atoms with Gasteiger partial charge in [0.25, 0.3) is 0 Å². The summed E-state index contributed by atoms with van der Waals surface area (Å²) in [5, 5.41) is 0. The highest BCUT2D eigenvalue weighted by molar-refractivity contribution is 6.02. The van der Waals surface area contributed by atoms with Gasteiger partial charge in [0.05, 0.1) is 0 Å². The summed E-state index contributed by atoms with van der Waals surface area (Å²) in [5.74, 6) is 0.0863. The number of hydrogen-bond acceptors (Lipinski definition) is 3. The predicted molar refractivity (Wildman–Crippen MR) is 65.2 cm³/mol. The van der Waals surface area contributed by atoms with E-state index in [0.29, 0.717) is 32.7 Å². The molecule has 1 aliphatic rings. The molecule has 3 heteroatoms. The quantitative estimate of drug-likeness (QED) is 0.751. The van der Waals surface area contributed by atoms with Gasteiger partial charge in [-0.25, -0.2) is 0 Å². The van der Waals surface area contributed by atoms with E-state index in [-0.39, 0.29) is 5.78 Å². The smallest absolute Gasteiger partial charge is 0.194 e. The lowest BCUT2D eigenvalue weighted by molar-refractivity contribution is -0.0822. The number of carbonyl (C=O) groups is 1. The van der Waals surface area contributed by atoms with Gasteiger partial charge in [-0.2, -0.15) is 0 Å². The maximum atomic E-state index is 12.5. The molecule has 17 heavy (non-hydrogen) atoms. The Kier molecular flexibility index (Phi) is 3.92. The second-order valence-corrected chi connectivity index (χ2v) is 4.23. The van der Waals surface area contributed by atoms with E-state index in [4.69, 9.17) is 9.47 Å². The summed E-state index contributed by atoms with van der Waals surface area (Å²) in [5.41, 5.74) is 0.0526. The fraction of sp³-hybridized carbons (Fsp3) is 0.500. The Morgan fingerprint density at radius 1 is 1.29 bits per heavy atom. The van der Waals surface area contributed by atoms with Gasteiger partial charge in [-0.3, -0.25) is 4.79 Å². The van der Waals surface area contributed by atoms with Gasteiger partial charge in [0, 0.05) is 38.2 Å². The summed E-state index contributed by atoms with van der Waals surface area (Å²) in [4.78, 5) is 12.5. The third-order valence-electron chi connectivity index (χ3n) is 3.17. The van der Waals surface area contributed by atoms with E-state index in [1.165, 1.54) is 0 Å². The first-order valence-electron chi connectivity index (χ1n) is 6.10. The molecule has 0 unspecified atom stereocenters. The van der Waals surface area contributed by atoms with E-state index in [9.17, 15) is 4.79 Å². The van der Waals surface area contributed by atoms with Gasteiger partial charge in [-0.1, -0.05) is 30.3 Å². The summed E-state index contributed by atoms with van der Waals surface area (Å²) < 4.78 is 11.1. The minimum Gasteiger partial charge on any atom is -0.381 e. The third kappa shape index (κ3) is 2.56. The van der Waals surface area contributed by atoms with Crippen molar-refractivity contribution in [3.05, 3.63) is 35.9 Å². The molecule has 1 aromatic carbocycles. The predicted octanol–water partition coefficient (Wildman–Crippen LogP) is 2.46. The van der Waals surface area contributed by atoms with Crippen molar-refractivity contribution in [1.82, 2.24) is 0 Å². The molecule has 1 aromatic rings. The first kappa shape index (κ1) is 12.3. The summed E-state index contributed by atoms with van der Waals surface area (Å²) >= 11 is 0. The fourth-order valence-electron chi connectivity index (χ4n) is 2.27. The van der Waals surface area contributed by atoms with Crippen LogP contribution in [0.15, 0.2) is 30.3 Å². The molecule has 1 saturated heterocycles. The van der Waals surface area contributed by atoms with Gasteiger partial charge in [0.15, 0.2) is 5.78 Å². The number of Topliss-reactive ketones (excluding diaryl/α,β-unsaturated/α-hetero) is 1. The SMILES string of the molecule is CCOC1(C(=O)c2ccccc2)CCOCC1. The van der Waals surface area contributed by atoms with E-state index in [1.54, 1.807) is 0 Å². The molecule has 0 aromatic heterocycles. The molecule has 3 nitrogen and oxygen atoms in total. The molecule has 92 valence electrons. The van der Waals surface area contributed by atoms with Gasteiger partial charge in [-0.05, 0) is 6.92 Å². The minimum absolute atomic E-state index is 0.0863. The number of benzene rings is 1. The van der Waals surface area contributed by atoms with Gasteiger partial charge < -0.3 is 9.47 Å². The summed E-state index contributed by atoms with van der Waals surface area (Å²) in [6, 6.07) is 9.36. The van der Waals surface area contributed by atoms with Crippen molar-refractivity contribution >= 4 is 5.78 Å². The van der Waals surface area contributed by atoms with E-state index < -0.39 is 5.60 Å². The second kappa shape index (κ2) is 5.43. The van der Waals surface area contributed by atoms with Crippen LogP contribution in [0.4, 0.5) is 0 Å². The second-order valence-electron chi connectivity index (χ2n) is 4.23. The molecule has 0 saturated carbocycles. The van der Waals surface area contributed by atoms with Crippen LogP contribution in [0.5, 0.6) is 0 Å². The first-order valence-corrected chi connectivity index (χ1v) is 6.10. The molecule has 0 radical (unpaired) electrons. The zero-order chi connectivity index (χ0) is 12.1. The van der Waals surface area contributed by atoms with E-state index in [0.717, 1.165) is 5.56 Å². The van der Waals surface area contributed by atoms with Crippen LogP contribution in [0, 0.1) is 0 Å². The van der Waals surface area contributed by atoms with Crippen LogP contribution >= 0.6 is 0 Å². The molecule has 0 spiro atoms. The first-order chi connectivity index (χ1) is 8.28. The van der Waals surface area contributed by atoms with Gasteiger partial charge in [0.1, 0.15) is 5.60 Å². The molecule has 1 aliphatic heterocycles. The van der Waals surface area contributed by atoms with Crippen LogP contribution in [-0.4, -0.2) is 31.2 Å². The molecule has 2 rings (SSSR count). The third-order valence-corrected chi connectivity index (χ3v) is 3.17. The minimum atomic E-state index is -0.672. The average molecular weight is 234 g/mol. The van der Waals surface area contributed by atoms with Crippen LogP contribution in [0.2, 0.25) is 0 Å². The monoisotopic (exact) mass is 234 g/mol. The number of ether oxygens (including phenoxy) is 2. The molecular weight excluding hydrogens is 216 g/mol. The van der Waals surface area contributed by atoms with Crippen molar-refractivity contribution in [3.8, 4) is 0 Å². The molecular formula is C14H18O3. The van der Waals surface area contributed by atoms with Gasteiger partial charge in [-0.15, -0.1) is 0 Å². The lowest BCUT2D eigenvalue weighted by Crippen LogP contribution is -2.46. The van der Waals surface area contributed by atoms with Crippen molar-refractivity contribution in [2.24, 2.45) is 0 Å². The van der Waals surface area contributed by atoms with Crippen molar-refractivity contribution in [1.29, 1.82) is 0 Å². The van der Waals surface area contributed by atoms with Crippen molar-refractivity contribution < 1.29 is 14.3 Å². The van der Waals surface area contributed by atoms with Gasteiger partial charge >= 0.3 is 0 Å². The Morgan fingerprint density at radius 2 is 1.94 bits per heavy atom. The van der Waals surface area contributed by atoms with E-state index in [2.05, 4.69) is 0 Å². The van der Waals surface area contributed by atoms with Crippen molar-refractivity contribution in [2.45, 2.75) is 25.4 Å². The molecule has 0 amide bonds. The Labute approximate surface area is 102 Å². The Balaban J connectivity index is 2.24. The summed E-state index contributed by atoms with van der Waals surface area (Å²) in [6.07, 6.45) is 1.29. The lowest BCUT2D eigenvalue weighted by atomic mass is 9.85. The Morgan fingerprint density at radius 3 is 2.53 bits per heavy atom. The lowest BCUT2D eigenvalue weighted by Gasteiger charge is -2.35. The maximum Gasteiger partial charge on any atom is 0.194 e. The Hall–Kier alpha value is -1.19. The topological polar surface area (TPSA) is 35.5 Å². The van der Waals surface area contributed by atoms with Crippen LogP contribution < -0.4 is 0 Å². The van der Waals surface area contributed by atoms with Crippen molar-refractivity contribution in [3.63, 3.8) is 0 Å². The zero-order valence-corrected chi connectivity index (χ0v) is 10.1. The number of ketones is 1. The number of rotatable bonds is 4. The largest absolute Gasteiger partial charge is 0.381 e.